The summed E-state index contributed by atoms with van der Waals surface area (Å²) < 4.78 is 28.9. The highest BCUT2D eigenvalue weighted by Crippen LogP contribution is 2.18. The molecule has 2 amide bonds. The van der Waals surface area contributed by atoms with Crippen LogP contribution in [0.1, 0.15) is 21.5 Å². The quantitative estimate of drug-likeness (QED) is 0.516. The smallest absolute Gasteiger partial charge is 0.248 e. The third kappa shape index (κ3) is 5.41. The van der Waals surface area contributed by atoms with E-state index in [0.29, 0.717) is 6.54 Å². The molecule has 0 bridgehead atoms. The zero-order valence-electron chi connectivity index (χ0n) is 18.4. The minimum Gasteiger partial charge on any atom is -0.366 e. The summed E-state index contributed by atoms with van der Waals surface area (Å²) in [6.45, 7) is 1.59. The molecule has 1 saturated heterocycles. The molecule has 0 spiro atoms. The van der Waals surface area contributed by atoms with Gasteiger partial charge in [0.25, 0.3) is 0 Å². The molecule has 0 aliphatic carbocycles. The number of carbonyl (C=O) groups is 2. The molecule has 3 aromatic rings. The van der Waals surface area contributed by atoms with Gasteiger partial charge in [-0.05, 0) is 35.9 Å². The van der Waals surface area contributed by atoms with E-state index in [1.165, 1.54) is 34.6 Å². The van der Waals surface area contributed by atoms with Gasteiger partial charge in [0.2, 0.25) is 21.8 Å². The second-order valence-corrected chi connectivity index (χ2v) is 9.85. The Hall–Kier alpha value is -3.76. The molecule has 0 radical (unpaired) electrons. The summed E-state index contributed by atoms with van der Waals surface area (Å²) in [6, 6.07) is 15.5. The monoisotopic (exact) mass is 479 g/mol. The molecule has 4 rings (SSSR count). The molecule has 0 unspecified atom stereocenters. The summed E-state index contributed by atoms with van der Waals surface area (Å²) >= 11 is 0. The van der Waals surface area contributed by atoms with Crippen molar-refractivity contribution in [3.05, 3.63) is 89.8 Å². The number of aromatic nitrogens is 2. The number of sulfonamides is 1. The fourth-order valence-electron chi connectivity index (χ4n) is 3.68. The van der Waals surface area contributed by atoms with Crippen LogP contribution in [0.3, 0.4) is 0 Å². The molecule has 34 heavy (non-hydrogen) atoms. The lowest BCUT2D eigenvalue weighted by molar-refractivity contribution is -0.127. The molecule has 1 aliphatic heterocycles. The van der Waals surface area contributed by atoms with E-state index in [-0.39, 0.29) is 42.5 Å². The van der Waals surface area contributed by atoms with Crippen LogP contribution in [0.4, 0.5) is 0 Å². The summed E-state index contributed by atoms with van der Waals surface area (Å²) in [5.41, 5.74) is 7.39. The Labute approximate surface area is 198 Å². The van der Waals surface area contributed by atoms with Crippen LogP contribution >= 0.6 is 0 Å². The van der Waals surface area contributed by atoms with E-state index in [2.05, 4.69) is 5.10 Å². The van der Waals surface area contributed by atoms with Crippen molar-refractivity contribution in [3.8, 4) is 0 Å². The number of nitrogens with zero attached hydrogens (tertiary/aromatic N) is 4. The first kappa shape index (κ1) is 23.4. The molecule has 1 fully saturated rings. The first-order valence-electron chi connectivity index (χ1n) is 10.8. The van der Waals surface area contributed by atoms with Crippen molar-refractivity contribution in [2.24, 2.45) is 5.73 Å². The van der Waals surface area contributed by atoms with E-state index in [9.17, 15) is 18.0 Å². The zero-order chi connectivity index (χ0) is 24.1. The van der Waals surface area contributed by atoms with E-state index in [0.717, 1.165) is 11.1 Å². The number of amides is 2. The Morgan fingerprint density at radius 1 is 0.971 bits per heavy atom. The molecule has 176 valence electrons. The van der Waals surface area contributed by atoms with Crippen LogP contribution in [0.2, 0.25) is 0 Å². The Morgan fingerprint density at radius 3 is 2.29 bits per heavy atom. The molecule has 10 heteroatoms. The number of benzene rings is 2. The van der Waals surface area contributed by atoms with Crippen LogP contribution < -0.4 is 5.73 Å². The fourth-order valence-corrected chi connectivity index (χ4v) is 5.11. The minimum absolute atomic E-state index is 0.0877. The predicted octanol–water partition coefficient (Wildman–Crippen LogP) is 1.58. The summed E-state index contributed by atoms with van der Waals surface area (Å²) in [6.07, 6.45) is 6.75. The number of nitrogens with two attached hydrogens (primary N) is 1. The maximum absolute atomic E-state index is 12.9. The van der Waals surface area contributed by atoms with E-state index in [4.69, 9.17) is 5.73 Å². The average molecular weight is 480 g/mol. The van der Waals surface area contributed by atoms with Crippen LogP contribution in [0.15, 0.2) is 78.0 Å². The first-order valence-corrected chi connectivity index (χ1v) is 12.2. The summed E-state index contributed by atoms with van der Waals surface area (Å²) in [5.74, 6) is -0.800. The van der Waals surface area contributed by atoms with Gasteiger partial charge in [0.15, 0.2) is 0 Å². The van der Waals surface area contributed by atoms with E-state index < -0.39 is 15.9 Å². The van der Waals surface area contributed by atoms with Gasteiger partial charge in [0, 0.05) is 49.6 Å². The molecule has 1 aromatic heterocycles. The van der Waals surface area contributed by atoms with Crippen LogP contribution in [0, 0.1) is 0 Å². The first-order chi connectivity index (χ1) is 16.3. The Kier molecular flexibility index (Phi) is 6.90. The molecular weight excluding hydrogens is 454 g/mol. The average Bonchev–Trinajstić information content (AvgIpc) is 3.30. The largest absolute Gasteiger partial charge is 0.366 e. The van der Waals surface area contributed by atoms with Crippen molar-refractivity contribution < 1.29 is 18.0 Å². The Bertz CT molecular complexity index is 1290. The molecule has 2 N–H and O–H groups in total. The molecular formula is C24H25N5O4S. The van der Waals surface area contributed by atoms with Gasteiger partial charge in [-0.2, -0.15) is 9.40 Å². The number of hydrogen-bond donors (Lipinski definition) is 1. The van der Waals surface area contributed by atoms with Crippen LogP contribution in [0.25, 0.3) is 6.08 Å². The van der Waals surface area contributed by atoms with Crippen molar-refractivity contribution in [2.75, 3.05) is 26.2 Å². The van der Waals surface area contributed by atoms with Crippen molar-refractivity contribution in [3.63, 3.8) is 0 Å². The van der Waals surface area contributed by atoms with Gasteiger partial charge >= 0.3 is 0 Å². The van der Waals surface area contributed by atoms with Crippen LogP contribution in [-0.4, -0.2) is 65.4 Å². The highest BCUT2D eigenvalue weighted by molar-refractivity contribution is 7.89. The minimum atomic E-state index is -3.72. The number of carbonyl (C=O) groups excluding carboxylic acids is 2. The standard InChI is InChI=1S/C24H25N5O4S/c25-24(31)21-7-9-22(10-8-21)34(32,33)29-14-12-27(13-15-29)23(30)11-6-20-16-26-28(18-20)17-19-4-2-1-3-5-19/h1-11,16,18H,12-15,17H2,(H2,25,31). The van der Waals surface area contributed by atoms with Gasteiger partial charge in [-0.3, -0.25) is 14.3 Å². The zero-order valence-corrected chi connectivity index (χ0v) is 19.3. The van der Waals surface area contributed by atoms with E-state index in [1.54, 1.807) is 21.9 Å². The van der Waals surface area contributed by atoms with Gasteiger partial charge in [-0.25, -0.2) is 8.42 Å². The van der Waals surface area contributed by atoms with E-state index in [1.807, 2.05) is 36.5 Å². The Balaban J connectivity index is 1.32. The van der Waals surface area contributed by atoms with Crippen molar-refractivity contribution >= 4 is 27.9 Å². The van der Waals surface area contributed by atoms with Crippen molar-refractivity contribution in [2.45, 2.75) is 11.4 Å². The summed E-state index contributed by atoms with van der Waals surface area (Å²) in [7, 11) is -3.72. The summed E-state index contributed by atoms with van der Waals surface area (Å²) in [4.78, 5) is 25.5. The second-order valence-electron chi connectivity index (χ2n) is 7.91. The molecule has 1 aliphatic rings. The Morgan fingerprint density at radius 2 is 1.65 bits per heavy atom. The predicted molar refractivity (Wildman–Crippen MR) is 127 cm³/mol. The number of primary amides is 1. The van der Waals surface area contributed by atoms with Gasteiger partial charge in [-0.15, -0.1) is 0 Å². The van der Waals surface area contributed by atoms with Crippen molar-refractivity contribution in [1.82, 2.24) is 19.0 Å². The number of hydrogen-bond acceptors (Lipinski definition) is 5. The fraction of sp³-hybridized carbons (Fsp3) is 0.208. The third-order valence-electron chi connectivity index (χ3n) is 5.59. The third-order valence-corrected chi connectivity index (χ3v) is 7.50. The van der Waals surface area contributed by atoms with E-state index >= 15 is 0 Å². The maximum atomic E-state index is 12.9. The molecule has 0 saturated carbocycles. The lowest BCUT2D eigenvalue weighted by Gasteiger charge is -2.33. The van der Waals surface area contributed by atoms with Gasteiger partial charge in [0.05, 0.1) is 17.6 Å². The second kappa shape index (κ2) is 10.0. The number of rotatable bonds is 7. The SMILES string of the molecule is NC(=O)c1ccc(S(=O)(=O)N2CCN(C(=O)C=Cc3cnn(Cc4ccccc4)c3)CC2)cc1. The highest BCUT2D eigenvalue weighted by atomic mass is 32.2. The van der Waals surface area contributed by atoms with Crippen LogP contribution in [-0.2, 0) is 21.4 Å². The normalized spacial score (nSPS) is 15.0. The lowest BCUT2D eigenvalue weighted by Crippen LogP contribution is -2.50. The molecule has 2 aromatic carbocycles. The molecule has 0 atom stereocenters. The maximum Gasteiger partial charge on any atom is 0.248 e. The topological polar surface area (TPSA) is 119 Å². The summed E-state index contributed by atoms with van der Waals surface area (Å²) in [5, 5.41) is 4.32. The van der Waals surface area contributed by atoms with Gasteiger partial charge < -0.3 is 10.6 Å². The lowest BCUT2D eigenvalue weighted by atomic mass is 10.2. The van der Waals surface area contributed by atoms with Gasteiger partial charge in [-0.1, -0.05) is 30.3 Å². The van der Waals surface area contributed by atoms with Crippen molar-refractivity contribution in [1.29, 1.82) is 0 Å². The highest BCUT2D eigenvalue weighted by Gasteiger charge is 2.29. The van der Waals surface area contributed by atoms with Crippen LogP contribution in [0.5, 0.6) is 0 Å². The molecule has 2 heterocycles. The van der Waals surface area contributed by atoms with Gasteiger partial charge in [0.1, 0.15) is 0 Å². The molecule has 9 nitrogen and oxygen atoms in total. The number of piperazine rings is 1.